The Morgan fingerprint density at radius 3 is 0.676 bits per heavy atom. The summed E-state index contributed by atoms with van der Waals surface area (Å²) in [5.41, 5.74) is 0. The highest BCUT2D eigenvalue weighted by Crippen LogP contribution is 2.19. The molecule has 0 bridgehead atoms. The molecule has 74 heavy (non-hydrogen) atoms. The first-order chi connectivity index (χ1) is 36.5. The molecule has 0 saturated heterocycles. The van der Waals surface area contributed by atoms with Crippen LogP contribution < -0.4 is 0 Å². The molecule has 0 spiro atoms. The SMILES string of the molecule is CCCCCCCCC/C=C\CCCCCCCC(=O)OC(COC(=O)CCCCCCCCCCC)COC(=O)CCCCCCCCCCCCCCCCCCCCCCCCCCCCCCCCC. The van der Waals surface area contributed by atoms with Gasteiger partial charge in [0.2, 0.25) is 0 Å². The number of hydrogen-bond acceptors (Lipinski definition) is 6. The highest BCUT2D eigenvalue weighted by Gasteiger charge is 2.19. The second kappa shape index (κ2) is 63.7. The van der Waals surface area contributed by atoms with Gasteiger partial charge in [0, 0.05) is 19.3 Å². The number of unbranched alkanes of at least 4 members (excludes halogenated alkanes) is 50. The van der Waals surface area contributed by atoms with Crippen LogP contribution >= 0.6 is 0 Å². The average Bonchev–Trinajstić information content (AvgIpc) is 3.40. The van der Waals surface area contributed by atoms with E-state index in [-0.39, 0.29) is 31.1 Å². The van der Waals surface area contributed by atoms with Gasteiger partial charge in [-0.2, -0.15) is 0 Å². The van der Waals surface area contributed by atoms with E-state index in [1.807, 2.05) is 0 Å². The summed E-state index contributed by atoms with van der Waals surface area (Å²) in [5.74, 6) is -0.852. The molecule has 6 nitrogen and oxygen atoms in total. The zero-order chi connectivity index (χ0) is 53.6. The van der Waals surface area contributed by atoms with Gasteiger partial charge in [0.05, 0.1) is 0 Å². The van der Waals surface area contributed by atoms with Crippen LogP contribution in [0.5, 0.6) is 0 Å². The fourth-order valence-corrected chi connectivity index (χ4v) is 10.4. The Balaban J connectivity index is 4.02. The van der Waals surface area contributed by atoms with Crippen molar-refractivity contribution in [3.05, 3.63) is 12.2 Å². The molecule has 438 valence electrons. The summed E-state index contributed by atoms with van der Waals surface area (Å²) >= 11 is 0. The van der Waals surface area contributed by atoms with Crippen molar-refractivity contribution in [3.63, 3.8) is 0 Å². The number of ether oxygens (including phenoxy) is 3. The monoisotopic (exact) mass is 1040 g/mol. The third kappa shape index (κ3) is 61.0. The maximum absolute atomic E-state index is 12.9. The molecule has 0 heterocycles. The van der Waals surface area contributed by atoms with E-state index in [1.165, 1.54) is 283 Å². The molecule has 0 aliphatic rings. The van der Waals surface area contributed by atoms with Crippen LogP contribution in [0.1, 0.15) is 387 Å². The van der Waals surface area contributed by atoms with Crippen LogP contribution in [0, 0.1) is 0 Å². The summed E-state index contributed by atoms with van der Waals surface area (Å²) in [6.45, 7) is 6.68. The predicted octanol–water partition coefficient (Wildman–Crippen LogP) is 22.8. The Bertz CT molecular complexity index is 1150. The Morgan fingerprint density at radius 1 is 0.257 bits per heavy atom. The Morgan fingerprint density at radius 2 is 0.446 bits per heavy atom. The smallest absolute Gasteiger partial charge is 0.306 e. The van der Waals surface area contributed by atoms with E-state index in [1.54, 1.807) is 0 Å². The standard InChI is InChI=1S/C68H130O6/c1-4-7-10-13-16-19-21-23-25-27-28-29-30-31-32-33-34-35-36-37-38-39-40-41-43-44-46-49-52-55-58-61-67(70)73-64-65(63-72-66(69)60-57-54-51-48-18-15-12-9-6-3)74-68(71)62-59-56-53-50-47-45-42-26-24-22-20-17-14-11-8-5-2/h26,42,65H,4-25,27-41,43-64H2,1-3H3/b42-26-. The van der Waals surface area contributed by atoms with Gasteiger partial charge in [0.25, 0.3) is 0 Å². The summed E-state index contributed by atoms with van der Waals surface area (Å²) in [6.07, 6.45) is 75.5. The lowest BCUT2D eigenvalue weighted by Crippen LogP contribution is -2.30. The largest absolute Gasteiger partial charge is 0.462 e. The maximum Gasteiger partial charge on any atom is 0.306 e. The van der Waals surface area contributed by atoms with E-state index in [0.717, 1.165) is 64.2 Å². The molecule has 0 aromatic heterocycles. The fraction of sp³-hybridized carbons (Fsp3) is 0.926. The number of carbonyl (C=O) groups excluding carboxylic acids is 3. The second-order valence-corrected chi connectivity index (χ2v) is 23.1. The third-order valence-electron chi connectivity index (χ3n) is 15.5. The molecule has 0 aliphatic carbocycles. The first-order valence-corrected chi connectivity index (χ1v) is 33.7. The zero-order valence-corrected chi connectivity index (χ0v) is 50.4. The van der Waals surface area contributed by atoms with Crippen LogP contribution in [-0.2, 0) is 28.6 Å². The third-order valence-corrected chi connectivity index (χ3v) is 15.5. The van der Waals surface area contributed by atoms with Crippen molar-refractivity contribution in [3.8, 4) is 0 Å². The zero-order valence-electron chi connectivity index (χ0n) is 50.4. The molecule has 0 aromatic rings. The van der Waals surface area contributed by atoms with Crippen molar-refractivity contribution in [2.75, 3.05) is 13.2 Å². The van der Waals surface area contributed by atoms with E-state index in [4.69, 9.17) is 14.2 Å². The number of hydrogen-bond donors (Lipinski definition) is 0. The van der Waals surface area contributed by atoms with Gasteiger partial charge in [-0.05, 0) is 44.9 Å². The molecule has 6 heteroatoms. The van der Waals surface area contributed by atoms with Crippen molar-refractivity contribution in [2.45, 2.75) is 393 Å². The lowest BCUT2D eigenvalue weighted by Gasteiger charge is -2.18. The average molecular weight is 1040 g/mol. The van der Waals surface area contributed by atoms with Crippen LogP contribution in [-0.4, -0.2) is 37.2 Å². The molecule has 0 fully saturated rings. The normalized spacial score (nSPS) is 12.0. The highest BCUT2D eigenvalue weighted by atomic mass is 16.6. The minimum atomic E-state index is -0.769. The van der Waals surface area contributed by atoms with Gasteiger partial charge in [-0.15, -0.1) is 0 Å². The lowest BCUT2D eigenvalue weighted by molar-refractivity contribution is -0.167. The second-order valence-electron chi connectivity index (χ2n) is 23.1. The Hall–Kier alpha value is -1.85. The van der Waals surface area contributed by atoms with Gasteiger partial charge in [0.15, 0.2) is 6.10 Å². The summed E-state index contributed by atoms with van der Waals surface area (Å²) in [6, 6.07) is 0. The van der Waals surface area contributed by atoms with E-state index < -0.39 is 6.10 Å². The number of esters is 3. The molecule has 0 radical (unpaired) electrons. The molecule has 0 N–H and O–H groups in total. The minimum Gasteiger partial charge on any atom is -0.462 e. The molecular weight excluding hydrogens is 913 g/mol. The van der Waals surface area contributed by atoms with Gasteiger partial charge in [0.1, 0.15) is 13.2 Å². The van der Waals surface area contributed by atoms with Crippen molar-refractivity contribution in [1.29, 1.82) is 0 Å². The van der Waals surface area contributed by atoms with Gasteiger partial charge in [-0.1, -0.05) is 335 Å². The highest BCUT2D eigenvalue weighted by molar-refractivity contribution is 5.71. The Kier molecular flexibility index (Phi) is 62.1. The van der Waals surface area contributed by atoms with E-state index in [9.17, 15) is 14.4 Å². The van der Waals surface area contributed by atoms with Gasteiger partial charge < -0.3 is 14.2 Å². The topological polar surface area (TPSA) is 78.9 Å². The number of allylic oxidation sites excluding steroid dienone is 2. The predicted molar refractivity (Wildman–Crippen MR) is 321 cm³/mol. The van der Waals surface area contributed by atoms with Crippen molar-refractivity contribution in [2.24, 2.45) is 0 Å². The van der Waals surface area contributed by atoms with Crippen LogP contribution in [0.3, 0.4) is 0 Å². The van der Waals surface area contributed by atoms with Crippen LogP contribution in [0.4, 0.5) is 0 Å². The molecule has 0 rings (SSSR count). The van der Waals surface area contributed by atoms with E-state index in [2.05, 4.69) is 32.9 Å². The molecule has 0 saturated carbocycles. The maximum atomic E-state index is 12.9. The molecule has 1 unspecified atom stereocenters. The fourth-order valence-electron chi connectivity index (χ4n) is 10.4. The molecule has 1 atom stereocenters. The summed E-state index contributed by atoms with van der Waals surface area (Å²) in [5, 5.41) is 0. The lowest BCUT2D eigenvalue weighted by atomic mass is 10.0. The minimum absolute atomic E-state index is 0.0675. The van der Waals surface area contributed by atoms with Gasteiger partial charge in [-0.3, -0.25) is 14.4 Å². The molecule has 0 amide bonds. The van der Waals surface area contributed by atoms with Gasteiger partial charge >= 0.3 is 17.9 Å². The van der Waals surface area contributed by atoms with Crippen molar-refractivity contribution in [1.82, 2.24) is 0 Å². The molecular formula is C68H130O6. The van der Waals surface area contributed by atoms with Crippen molar-refractivity contribution >= 4 is 17.9 Å². The van der Waals surface area contributed by atoms with Crippen LogP contribution in [0.15, 0.2) is 12.2 Å². The molecule has 0 aliphatic heterocycles. The van der Waals surface area contributed by atoms with Crippen LogP contribution in [0.2, 0.25) is 0 Å². The Labute approximate surface area is 462 Å². The first-order valence-electron chi connectivity index (χ1n) is 33.7. The quantitative estimate of drug-likeness (QED) is 0.0261. The summed E-state index contributed by atoms with van der Waals surface area (Å²) in [7, 11) is 0. The van der Waals surface area contributed by atoms with E-state index >= 15 is 0 Å². The first kappa shape index (κ1) is 72.2. The van der Waals surface area contributed by atoms with Gasteiger partial charge in [-0.25, -0.2) is 0 Å². The van der Waals surface area contributed by atoms with Crippen LogP contribution in [0.25, 0.3) is 0 Å². The summed E-state index contributed by atoms with van der Waals surface area (Å²) in [4.78, 5) is 38.1. The van der Waals surface area contributed by atoms with E-state index in [0.29, 0.717) is 19.3 Å². The molecule has 0 aromatic carbocycles. The summed E-state index contributed by atoms with van der Waals surface area (Å²) < 4.78 is 16.9. The number of carbonyl (C=O) groups is 3. The van der Waals surface area contributed by atoms with Crippen molar-refractivity contribution < 1.29 is 28.6 Å². The number of rotatable bonds is 63.